The number of likely N-dealkylation sites (N-methyl/N-ethyl adjacent to an activating group) is 1. The number of rotatable bonds is 6. The van der Waals surface area contributed by atoms with Gasteiger partial charge in [-0.2, -0.15) is 5.10 Å². The summed E-state index contributed by atoms with van der Waals surface area (Å²) in [6.45, 7) is 7.01. The van der Waals surface area contributed by atoms with Crippen molar-refractivity contribution < 1.29 is 4.74 Å². The molecule has 1 saturated heterocycles. The molecule has 0 spiro atoms. The molecule has 1 aliphatic rings. The number of hydrogen-bond donors (Lipinski definition) is 1. The Hall–Kier alpha value is -1.07. The maximum atomic E-state index is 5.53. The van der Waals surface area contributed by atoms with E-state index in [0.29, 0.717) is 0 Å². The van der Waals surface area contributed by atoms with Gasteiger partial charge in [-0.05, 0) is 46.3 Å². The lowest BCUT2D eigenvalue weighted by atomic mass is 9.83. The first-order valence-corrected chi connectivity index (χ1v) is 8.06. The summed E-state index contributed by atoms with van der Waals surface area (Å²) in [5.74, 6) is 0.869. The third kappa shape index (κ3) is 2.94. The second-order valence-corrected chi connectivity index (χ2v) is 6.20. The number of hydrogen-bond acceptors (Lipinski definition) is 4. The van der Waals surface area contributed by atoms with Gasteiger partial charge in [0.25, 0.3) is 0 Å². The first kappa shape index (κ1) is 16.3. The predicted molar refractivity (Wildman–Crippen MR) is 85.7 cm³/mol. The molecule has 120 valence electrons. The number of aryl methyl sites for hydroxylation is 1. The van der Waals surface area contributed by atoms with Crippen molar-refractivity contribution in [1.29, 1.82) is 0 Å². The monoisotopic (exact) mass is 294 g/mol. The van der Waals surface area contributed by atoms with Crippen LogP contribution < -0.4 is 10.1 Å². The summed E-state index contributed by atoms with van der Waals surface area (Å²) < 4.78 is 7.48. The van der Waals surface area contributed by atoms with Crippen molar-refractivity contribution in [1.82, 2.24) is 20.0 Å². The van der Waals surface area contributed by atoms with Crippen molar-refractivity contribution in [2.24, 2.45) is 7.05 Å². The first-order chi connectivity index (χ1) is 10.1. The van der Waals surface area contributed by atoms with Crippen LogP contribution in [0.1, 0.15) is 51.3 Å². The number of ether oxygens (including phenoxy) is 1. The van der Waals surface area contributed by atoms with Gasteiger partial charge in [0.2, 0.25) is 0 Å². The molecule has 5 heteroatoms. The lowest BCUT2D eigenvalue weighted by molar-refractivity contribution is 0.0416. The summed E-state index contributed by atoms with van der Waals surface area (Å²) in [6, 6.07) is 0.197. The molecule has 0 saturated carbocycles. The molecule has 0 aromatic carbocycles. The van der Waals surface area contributed by atoms with E-state index in [4.69, 9.17) is 4.74 Å². The normalized spacial score (nSPS) is 21.0. The minimum Gasteiger partial charge on any atom is -0.493 e. The van der Waals surface area contributed by atoms with E-state index in [2.05, 4.69) is 29.2 Å². The van der Waals surface area contributed by atoms with Crippen LogP contribution in [-0.4, -0.2) is 47.5 Å². The smallest absolute Gasteiger partial charge is 0.161 e. The fourth-order valence-electron chi connectivity index (χ4n) is 3.67. The van der Waals surface area contributed by atoms with E-state index >= 15 is 0 Å². The van der Waals surface area contributed by atoms with Crippen LogP contribution in [0.4, 0.5) is 0 Å². The van der Waals surface area contributed by atoms with Crippen LogP contribution in [0.3, 0.4) is 0 Å². The van der Waals surface area contributed by atoms with Crippen LogP contribution in [0.25, 0.3) is 0 Å². The number of piperidine rings is 1. The van der Waals surface area contributed by atoms with Gasteiger partial charge < -0.3 is 10.1 Å². The molecule has 2 rings (SSSR count). The Morgan fingerprint density at radius 3 is 2.57 bits per heavy atom. The Bertz CT molecular complexity index is 453. The van der Waals surface area contributed by atoms with E-state index < -0.39 is 0 Å². The molecular weight excluding hydrogens is 264 g/mol. The van der Waals surface area contributed by atoms with E-state index in [0.717, 1.165) is 17.9 Å². The zero-order chi connectivity index (χ0) is 15.5. The maximum absolute atomic E-state index is 5.53. The average molecular weight is 294 g/mol. The Kier molecular flexibility index (Phi) is 5.27. The van der Waals surface area contributed by atoms with Crippen molar-refractivity contribution in [3.63, 3.8) is 0 Å². The molecule has 5 nitrogen and oxygen atoms in total. The molecule has 0 bridgehead atoms. The molecule has 2 unspecified atom stereocenters. The lowest BCUT2D eigenvalue weighted by Crippen LogP contribution is -2.55. The lowest BCUT2D eigenvalue weighted by Gasteiger charge is -2.48. The summed E-state index contributed by atoms with van der Waals surface area (Å²) in [6.07, 6.45) is 6.86. The molecule has 1 aromatic rings. The van der Waals surface area contributed by atoms with Gasteiger partial charge in [0.1, 0.15) is 0 Å². The van der Waals surface area contributed by atoms with E-state index in [1.807, 2.05) is 25.0 Å². The van der Waals surface area contributed by atoms with Gasteiger partial charge in [-0.25, -0.2) is 0 Å². The van der Waals surface area contributed by atoms with Crippen molar-refractivity contribution >= 4 is 0 Å². The summed E-state index contributed by atoms with van der Waals surface area (Å²) >= 11 is 0. The van der Waals surface area contributed by atoms with E-state index in [-0.39, 0.29) is 11.6 Å². The van der Waals surface area contributed by atoms with Crippen LogP contribution in [0.5, 0.6) is 5.75 Å². The van der Waals surface area contributed by atoms with Crippen molar-refractivity contribution in [3.05, 3.63) is 11.9 Å². The van der Waals surface area contributed by atoms with Gasteiger partial charge in [0.05, 0.1) is 25.0 Å². The fraction of sp³-hybridized carbons (Fsp3) is 0.812. The standard InChI is InChI=1S/C16H30N4O/c1-6-16(2,20-10-8-7-9-11-20)15(17-3)14-13(21-5)12-18-19(14)4/h12,15,17H,6-11H2,1-5H3. The first-order valence-electron chi connectivity index (χ1n) is 8.06. The minimum atomic E-state index is 0.0657. The molecule has 1 aromatic heterocycles. The third-order valence-corrected chi connectivity index (χ3v) is 5.15. The van der Waals surface area contributed by atoms with E-state index in [1.54, 1.807) is 7.11 Å². The molecule has 1 aliphatic heterocycles. The highest BCUT2D eigenvalue weighted by Gasteiger charge is 2.41. The van der Waals surface area contributed by atoms with Crippen LogP contribution >= 0.6 is 0 Å². The average Bonchev–Trinajstić information content (AvgIpc) is 2.89. The number of aromatic nitrogens is 2. The Balaban J connectivity index is 2.38. The topological polar surface area (TPSA) is 42.3 Å². The highest BCUT2D eigenvalue weighted by molar-refractivity contribution is 5.31. The van der Waals surface area contributed by atoms with Gasteiger partial charge in [0, 0.05) is 12.6 Å². The van der Waals surface area contributed by atoms with Gasteiger partial charge in [-0.15, -0.1) is 0 Å². The van der Waals surface area contributed by atoms with E-state index in [9.17, 15) is 0 Å². The van der Waals surface area contributed by atoms with Crippen molar-refractivity contribution in [2.75, 3.05) is 27.2 Å². The third-order valence-electron chi connectivity index (χ3n) is 5.15. The minimum absolute atomic E-state index is 0.0657. The van der Waals surface area contributed by atoms with Gasteiger partial charge in [0.15, 0.2) is 5.75 Å². The highest BCUT2D eigenvalue weighted by Crippen LogP contribution is 2.38. The Labute approximate surface area is 128 Å². The molecule has 1 fully saturated rings. The second-order valence-electron chi connectivity index (χ2n) is 6.20. The number of methoxy groups -OCH3 is 1. The Morgan fingerprint density at radius 2 is 2.05 bits per heavy atom. The number of nitrogens with zero attached hydrogens (tertiary/aromatic N) is 3. The summed E-state index contributed by atoms with van der Waals surface area (Å²) in [5.41, 5.74) is 1.20. The zero-order valence-electron chi connectivity index (χ0n) is 14.1. The predicted octanol–water partition coefficient (Wildman–Crippen LogP) is 2.34. The van der Waals surface area contributed by atoms with E-state index in [1.165, 1.54) is 32.4 Å². The van der Waals surface area contributed by atoms with Gasteiger partial charge in [-0.3, -0.25) is 9.58 Å². The molecular formula is C16H30N4O. The second kappa shape index (κ2) is 6.79. The molecule has 0 radical (unpaired) electrons. The van der Waals surface area contributed by atoms with Crippen LogP contribution in [0, 0.1) is 0 Å². The maximum Gasteiger partial charge on any atom is 0.161 e. The van der Waals surface area contributed by atoms with Gasteiger partial charge >= 0.3 is 0 Å². The SMILES string of the molecule is CCC(C)(C(NC)c1c(OC)cnn1C)N1CCCCC1. The van der Waals surface area contributed by atoms with Crippen LogP contribution in [0.15, 0.2) is 6.20 Å². The molecule has 1 N–H and O–H groups in total. The number of nitrogens with one attached hydrogen (secondary N) is 1. The summed E-state index contributed by atoms with van der Waals surface area (Å²) in [4.78, 5) is 2.64. The zero-order valence-corrected chi connectivity index (χ0v) is 14.1. The van der Waals surface area contributed by atoms with Crippen molar-refractivity contribution in [2.45, 2.75) is 51.1 Å². The molecule has 0 amide bonds. The molecule has 2 atom stereocenters. The Morgan fingerprint density at radius 1 is 1.38 bits per heavy atom. The van der Waals surface area contributed by atoms with Gasteiger partial charge in [-0.1, -0.05) is 13.3 Å². The molecule has 0 aliphatic carbocycles. The van der Waals surface area contributed by atoms with Crippen LogP contribution in [-0.2, 0) is 7.05 Å². The molecule has 21 heavy (non-hydrogen) atoms. The van der Waals surface area contributed by atoms with Crippen LogP contribution in [0.2, 0.25) is 0 Å². The highest BCUT2D eigenvalue weighted by atomic mass is 16.5. The molecule has 2 heterocycles. The quantitative estimate of drug-likeness (QED) is 0.874. The largest absolute Gasteiger partial charge is 0.493 e. The van der Waals surface area contributed by atoms with Crippen molar-refractivity contribution in [3.8, 4) is 5.75 Å². The summed E-state index contributed by atoms with van der Waals surface area (Å²) in [7, 11) is 5.75. The number of likely N-dealkylation sites (tertiary alicyclic amines) is 1. The summed E-state index contributed by atoms with van der Waals surface area (Å²) in [5, 5.41) is 7.91. The fourth-order valence-corrected chi connectivity index (χ4v) is 3.67.